The Labute approximate surface area is 221 Å². The fourth-order valence-electron chi connectivity index (χ4n) is 4.82. The molecule has 0 aliphatic carbocycles. The Hall–Kier alpha value is -3.43. The van der Waals surface area contributed by atoms with Gasteiger partial charge in [-0.1, -0.05) is 52.0 Å². The maximum atomic E-state index is 6.74. The van der Waals surface area contributed by atoms with Crippen molar-refractivity contribution in [2.75, 3.05) is 25.8 Å². The van der Waals surface area contributed by atoms with Gasteiger partial charge in [0.25, 0.3) is 0 Å². The monoisotopic (exact) mass is 562 g/mol. The van der Waals surface area contributed by atoms with Crippen molar-refractivity contribution in [1.29, 1.82) is 0 Å². The van der Waals surface area contributed by atoms with E-state index in [-0.39, 0.29) is 6.04 Å². The first-order valence-electron chi connectivity index (χ1n) is 11.4. The highest BCUT2D eigenvalue weighted by molar-refractivity contribution is 9.10. The molecule has 0 bridgehead atoms. The minimum Gasteiger partial charge on any atom is -0.497 e. The Kier molecular flexibility index (Phi) is 5.89. The molecule has 0 unspecified atom stereocenters. The van der Waals surface area contributed by atoms with Crippen molar-refractivity contribution in [1.82, 2.24) is 14.8 Å². The molecule has 9 heteroatoms. The Morgan fingerprint density at radius 3 is 2.58 bits per heavy atom. The molecule has 3 aromatic carbocycles. The summed E-state index contributed by atoms with van der Waals surface area (Å²) in [6.45, 7) is 0. The van der Waals surface area contributed by atoms with Crippen molar-refractivity contribution in [3.05, 3.63) is 93.5 Å². The largest absolute Gasteiger partial charge is 0.497 e. The Bertz CT molecular complexity index is 1480. The average molecular weight is 563 g/mol. The zero-order valence-corrected chi connectivity index (χ0v) is 22.3. The van der Waals surface area contributed by atoms with Gasteiger partial charge in [0, 0.05) is 21.2 Å². The predicted molar refractivity (Wildman–Crippen MR) is 144 cm³/mol. The molecule has 182 valence electrons. The number of benzene rings is 3. The van der Waals surface area contributed by atoms with Crippen LogP contribution in [0.4, 0.5) is 5.95 Å². The van der Waals surface area contributed by atoms with Crippen LogP contribution in [-0.2, 0) is 0 Å². The zero-order chi connectivity index (χ0) is 24.8. The molecule has 0 fully saturated rings. The molecule has 0 saturated heterocycles. The Morgan fingerprint density at radius 2 is 1.83 bits per heavy atom. The van der Waals surface area contributed by atoms with E-state index in [0.717, 1.165) is 49.7 Å². The molecule has 2 aliphatic rings. The summed E-state index contributed by atoms with van der Waals surface area (Å²) in [5.74, 6) is 3.02. The fourth-order valence-corrected chi connectivity index (χ4v) is 5.55. The highest BCUT2D eigenvalue weighted by atomic mass is 79.9. The molecule has 2 aliphatic heterocycles. The van der Waals surface area contributed by atoms with Crippen molar-refractivity contribution in [3.8, 4) is 17.2 Å². The third-order valence-corrected chi connectivity index (χ3v) is 7.48. The van der Waals surface area contributed by atoms with Gasteiger partial charge in [-0.2, -0.15) is 4.98 Å². The number of nitrogens with one attached hydrogen (secondary N) is 1. The zero-order valence-electron chi connectivity index (χ0n) is 19.9. The quantitative estimate of drug-likeness (QED) is 0.284. The number of methoxy groups -OCH3 is 2. The molecule has 0 spiro atoms. The van der Waals surface area contributed by atoms with Gasteiger partial charge in [0.2, 0.25) is 11.1 Å². The fraction of sp³-hybridized carbons (Fsp3) is 0.185. The standard InChI is InChI=1S/C27H23BrN4O3S/c1-33-17-11-8-15(9-12-17)24-22-23(29-26-30-27(36-3)31-32(24)26)18-6-4-5-7-21(18)35-25(22)19-14-16(28)10-13-20(19)34-2/h4-14,24-25H,1-3H3,(H,29,30,31)/t24-,25-/m1/s1. The summed E-state index contributed by atoms with van der Waals surface area (Å²) in [6, 6.07) is 21.8. The van der Waals surface area contributed by atoms with Crippen molar-refractivity contribution in [2.24, 2.45) is 0 Å². The second-order valence-electron chi connectivity index (χ2n) is 8.38. The molecule has 0 saturated carbocycles. The first-order valence-corrected chi connectivity index (χ1v) is 13.4. The lowest BCUT2D eigenvalue weighted by Crippen LogP contribution is -2.32. The molecular weight excluding hydrogens is 540 g/mol. The maximum absolute atomic E-state index is 6.74. The van der Waals surface area contributed by atoms with Gasteiger partial charge in [-0.25, -0.2) is 4.68 Å². The topological polar surface area (TPSA) is 70.4 Å². The van der Waals surface area contributed by atoms with Crippen molar-refractivity contribution in [3.63, 3.8) is 0 Å². The number of nitrogens with zero attached hydrogens (tertiary/aromatic N) is 3. The normalized spacial score (nSPS) is 17.9. The number of halogens is 1. The van der Waals surface area contributed by atoms with Crippen LogP contribution in [-0.4, -0.2) is 35.2 Å². The average Bonchev–Trinajstić information content (AvgIpc) is 3.34. The first-order chi connectivity index (χ1) is 17.6. The highest BCUT2D eigenvalue weighted by Gasteiger charge is 2.42. The number of hydrogen-bond acceptors (Lipinski definition) is 7. The maximum Gasteiger partial charge on any atom is 0.227 e. The van der Waals surface area contributed by atoms with E-state index in [1.54, 1.807) is 14.2 Å². The smallest absolute Gasteiger partial charge is 0.227 e. The summed E-state index contributed by atoms with van der Waals surface area (Å²) in [5.41, 5.74) is 4.95. The molecule has 7 nitrogen and oxygen atoms in total. The predicted octanol–water partition coefficient (Wildman–Crippen LogP) is 6.34. The van der Waals surface area contributed by atoms with Crippen molar-refractivity contribution in [2.45, 2.75) is 17.3 Å². The molecule has 4 aromatic rings. The summed E-state index contributed by atoms with van der Waals surface area (Å²) in [6.07, 6.45) is 1.54. The van der Waals surface area contributed by atoms with Gasteiger partial charge in [-0.3, -0.25) is 0 Å². The van der Waals surface area contributed by atoms with Gasteiger partial charge in [-0.05, 0) is 54.3 Å². The third kappa shape index (κ3) is 3.74. The van der Waals surface area contributed by atoms with E-state index in [1.165, 1.54) is 11.8 Å². The Balaban J connectivity index is 1.64. The number of hydrogen-bond donors (Lipinski definition) is 1. The molecule has 6 rings (SSSR count). The van der Waals surface area contributed by atoms with Gasteiger partial charge < -0.3 is 19.5 Å². The van der Waals surface area contributed by atoms with E-state index in [2.05, 4.69) is 45.5 Å². The summed E-state index contributed by atoms with van der Waals surface area (Å²) in [7, 11) is 3.35. The Morgan fingerprint density at radius 1 is 1.03 bits per heavy atom. The molecule has 0 amide bonds. The van der Waals surface area contributed by atoms with Gasteiger partial charge >= 0.3 is 0 Å². The molecule has 2 atom stereocenters. The molecule has 0 radical (unpaired) electrons. The lowest BCUT2D eigenvalue weighted by Gasteiger charge is -2.39. The number of para-hydroxylation sites is 1. The summed E-state index contributed by atoms with van der Waals surface area (Å²) in [5, 5.41) is 9.13. The van der Waals surface area contributed by atoms with Gasteiger partial charge in [0.1, 0.15) is 23.3 Å². The molecule has 1 N–H and O–H groups in total. The second-order valence-corrected chi connectivity index (χ2v) is 10.1. The van der Waals surface area contributed by atoms with Crippen LogP contribution in [0.1, 0.15) is 28.8 Å². The molecule has 3 heterocycles. The van der Waals surface area contributed by atoms with E-state index in [1.807, 2.05) is 53.4 Å². The van der Waals surface area contributed by atoms with Gasteiger partial charge in [-0.15, -0.1) is 5.10 Å². The van der Waals surface area contributed by atoms with E-state index in [9.17, 15) is 0 Å². The number of aromatic nitrogens is 3. The van der Waals surface area contributed by atoms with Crippen molar-refractivity contribution < 1.29 is 14.2 Å². The van der Waals surface area contributed by atoms with Crippen LogP contribution in [0.2, 0.25) is 0 Å². The van der Waals surface area contributed by atoms with E-state index < -0.39 is 6.10 Å². The number of rotatable bonds is 5. The van der Waals surface area contributed by atoms with Crippen LogP contribution in [0.3, 0.4) is 0 Å². The van der Waals surface area contributed by atoms with Gasteiger partial charge in [0.15, 0.2) is 6.10 Å². The van der Waals surface area contributed by atoms with E-state index >= 15 is 0 Å². The molecule has 36 heavy (non-hydrogen) atoms. The molecule has 1 aromatic heterocycles. The molecular formula is C27H23BrN4O3S. The van der Waals surface area contributed by atoms with Gasteiger partial charge in [0.05, 0.1) is 19.9 Å². The van der Waals surface area contributed by atoms with Crippen LogP contribution in [0, 0.1) is 0 Å². The van der Waals surface area contributed by atoms with E-state index in [4.69, 9.17) is 24.3 Å². The van der Waals surface area contributed by atoms with Crippen LogP contribution >= 0.6 is 27.7 Å². The highest BCUT2D eigenvalue weighted by Crippen LogP contribution is 2.52. The minimum absolute atomic E-state index is 0.266. The van der Waals surface area contributed by atoms with Crippen LogP contribution in [0.5, 0.6) is 17.2 Å². The van der Waals surface area contributed by atoms with Crippen LogP contribution in [0.25, 0.3) is 5.70 Å². The van der Waals surface area contributed by atoms with Crippen molar-refractivity contribution >= 4 is 39.3 Å². The second kappa shape index (κ2) is 9.22. The number of fused-ring (bicyclic) bond motifs is 3. The lowest BCUT2D eigenvalue weighted by atomic mass is 9.84. The summed E-state index contributed by atoms with van der Waals surface area (Å²) in [4.78, 5) is 4.76. The SMILES string of the molecule is COc1ccc([C@@H]2C3=C(Nc4nc(SC)nn42)c2ccccc2O[C@@H]3c2cc(Br)ccc2OC)cc1. The number of ether oxygens (including phenoxy) is 3. The summed E-state index contributed by atoms with van der Waals surface area (Å²) >= 11 is 5.15. The van der Waals surface area contributed by atoms with Crippen LogP contribution in [0.15, 0.2) is 81.9 Å². The summed E-state index contributed by atoms with van der Waals surface area (Å²) < 4.78 is 20.8. The third-order valence-electron chi connectivity index (χ3n) is 6.45. The first kappa shape index (κ1) is 23.0. The number of anilines is 1. The number of thioether (sulfide) groups is 1. The lowest BCUT2D eigenvalue weighted by molar-refractivity contribution is 0.217. The van der Waals surface area contributed by atoms with E-state index in [0.29, 0.717) is 11.1 Å². The minimum atomic E-state index is -0.433. The van der Waals surface area contributed by atoms with Crippen LogP contribution < -0.4 is 19.5 Å².